The number of carbonyl (C=O) groups excluding carboxylic acids is 1. The molecule has 1 aliphatic carbocycles. The minimum atomic E-state index is -0.152. The Hall–Kier alpha value is -2.99. The van der Waals surface area contributed by atoms with Gasteiger partial charge in [0.25, 0.3) is 5.91 Å². The number of benzene rings is 2. The smallest absolute Gasteiger partial charge is 0.294 e. The lowest BCUT2D eigenvalue weighted by Gasteiger charge is -2.20. The van der Waals surface area contributed by atoms with Crippen molar-refractivity contribution in [1.82, 2.24) is 4.90 Å². The predicted molar refractivity (Wildman–Crippen MR) is 124 cm³/mol. The van der Waals surface area contributed by atoms with Gasteiger partial charge in [0.15, 0.2) is 17.3 Å². The first kappa shape index (κ1) is 20.9. The number of anilines is 1. The molecule has 32 heavy (non-hydrogen) atoms. The van der Waals surface area contributed by atoms with Crippen LogP contribution in [0.4, 0.5) is 5.69 Å². The number of hydrogen-bond acceptors (Lipinski definition) is 5. The molecular formula is C26H30N2O4. The van der Waals surface area contributed by atoms with Gasteiger partial charge in [-0.25, -0.2) is 0 Å². The zero-order valence-corrected chi connectivity index (χ0v) is 18.6. The number of hydrogen-bond donors (Lipinski definition) is 0. The molecule has 0 spiro atoms. The maximum atomic E-state index is 13.0. The first-order valence-electron chi connectivity index (χ1n) is 11.5. The Balaban J connectivity index is 1.20. The van der Waals surface area contributed by atoms with Gasteiger partial charge < -0.3 is 19.1 Å². The fourth-order valence-electron chi connectivity index (χ4n) is 4.37. The Morgan fingerprint density at radius 3 is 2.50 bits per heavy atom. The first-order chi connectivity index (χ1) is 15.7. The van der Waals surface area contributed by atoms with E-state index < -0.39 is 0 Å². The maximum absolute atomic E-state index is 13.0. The van der Waals surface area contributed by atoms with Crippen LogP contribution >= 0.6 is 0 Å². The molecule has 6 heteroatoms. The van der Waals surface area contributed by atoms with E-state index in [4.69, 9.17) is 14.2 Å². The second-order valence-electron chi connectivity index (χ2n) is 8.66. The lowest BCUT2D eigenvalue weighted by Crippen LogP contribution is -2.27. The van der Waals surface area contributed by atoms with Gasteiger partial charge >= 0.3 is 0 Å². The molecule has 0 N–H and O–H groups in total. The highest BCUT2D eigenvalue weighted by Gasteiger charge is 2.28. The van der Waals surface area contributed by atoms with E-state index >= 15 is 0 Å². The summed E-state index contributed by atoms with van der Waals surface area (Å²) in [6, 6.07) is 13.7. The molecule has 0 bridgehead atoms. The normalized spacial score (nSPS) is 18.7. The van der Waals surface area contributed by atoms with Crippen molar-refractivity contribution in [2.75, 3.05) is 44.8 Å². The van der Waals surface area contributed by atoms with E-state index in [-0.39, 0.29) is 5.91 Å². The SMILES string of the molecule is COc1cc(N2CC=C(Oc3ccc(C4CC4)cc3)C2=O)ccc1OCCN1CCCC1. The lowest BCUT2D eigenvalue weighted by atomic mass is 10.1. The van der Waals surface area contributed by atoms with E-state index in [1.165, 1.54) is 31.2 Å². The molecule has 168 valence electrons. The van der Waals surface area contributed by atoms with Gasteiger partial charge in [0.1, 0.15) is 12.4 Å². The fourth-order valence-corrected chi connectivity index (χ4v) is 4.37. The van der Waals surface area contributed by atoms with Crippen LogP contribution in [0.15, 0.2) is 54.3 Å². The number of amides is 1. The van der Waals surface area contributed by atoms with E-state index in [1.54, 1.807) is 12.0 Å². The summed E-state index contributed by atoms with van der Waals surface area (Å²) in [5.41, 5.74) is 2.11. The Labute approximate surface area is 189 Å². The molecule has 6 nitrogen and oxygen atoms in total. The molecule has 2 heterocycles. The molecule has 2 aromatic carbocycles. The molecule has 1 saturated carbocycles. The Morgan fingerprint density at radius 1 is 1.00 bits per heavy atom. The van der Waals surface area contributed by atoms with Gasteiger partial charge in [-0.2, -0.15) is 0 Å². The molecule has 0 radical (unpaired) electrons. The van der Waals surface area contributed by atoms with E-state index in [9.17, 15) is 4.79 Å². The van der Waals surface area contributed by atoms with Crippen LogP contribution in [0.2, 0.25) is 0 Å². The summed E-state index contributed by atoms with van der Waals surface area (Å²) < 4.78 is 17.4. The van der Waals surface area contributed by atoms with Crippen LogP contribution in [0.25, 0.3) is 0 Å². The molecular weight excluding hydrogens is 404 g/mol. The molecule has 2 aromatic rings. The van der Waals surface area contributed by atoms with Gasteiger partial charge in [-0.05, 0) is 80.6 Å². The quantitative estimate of drug-likeness (QED) is 0.587. The Morgan fingerprint density at radius 2 is 1.78 bits per heavy atom. The molecule has 0 unspecified atom stereocenters. The molecule has 5 rings (SSSR count). The number of carbonyl (C=O) groups is 1. The average Bonchev–Trinajstić information content (AvgIpc) is 3.43. The number of likely N-dealkylation sites (tertiary alicyclic amines) is 1. The number of nitrogens with zero attached hydrogens (tertiary/aromatic N) is 2. The summed E-state index contributed by atoms with van der Waals surface area (Å²) in [7, 11) is 1.62. The summed E-state index contributed by atoms with van der Waals surface area (Å²) in [6.07, 6.45) is 6.90. The molecule has 1 saturated heterocycles. The van der Waals surface area contributed by atoms with Gasteiger partial charge in [-0.3, -0.25) is 9.69 Å². The fraction of sp³-hybridized carbons (Fsp3) is 0.423. The second kappa shape index (κ2) is 9.25. The monoisotopic (exact) mass is 434 g/mol. The van der Waals surface area contributed by atoms with Gasteiger partial charge in [-0.15, -0.1) is 0 Å². The van der Waals surface area contributed by atoms with Crippen molar-refractivity contribution >= 4 is 11.6 Å². The van der Waals surface area contributed by atoms with Crippen molar-refractivity contribution in [2.45, 2.75) is 31.6 Å². The standard InChI is InChI=1S/C26H30N2O4/c1-30-25-18-21(8-11-23(25)31-17-16-27-13-2-3-14-27)28-15-12-24(26(28)29)32-22-9-6-20(7-10-22)19-4-5-19/h6-12,18-19H,2-5,13-17H2,1H3. The minimum absolute atomic E-state index is 0.152. The minimum Gasteiger partial charge on any atom is -0.493 e. The first-order valence-corrected chi connectivity index (χ1v) is 11.5. The van der Waals surface area contributed by atoms with Crippen molar-refractivity contribution < 1.29 is 19.0 Å². The van der Waals surface area contributed by atoms with Gasteiger partial charge in [0.05, 0.1) is 7.11 Å². The zero-order valence-electron chi connectivity index (χ0n) is 18.6. The molecule has 2 fully saturated rings. The predicted octanol–water partition coefficient (Wildman–Crippen LogP) is 4.36. The van der Waals surface area contributed by atoms with Crippen LogP contribution in [-0.2, 0) is 4.79 Å². The van der Waals surface area contributed by atoms with Crippen molar-refractivity contribution in [3.05, 3.63) is 59.9 Å². The van der Waals surface area contributed by atoms with Crippen LogP contribution < -0.4 is 19.1 Å². The topological polar surface area (TPSA) is 51.2 Å². The molecule has 2 aliphatic heterocycles. The number of ether oxygens (including phenoxy) is 3. The van der Waals surface area contributed by atoms with E-state index in [0.29, 0.717) is 42.1 Å². The van der Waals surface area contributed by atoms with E-state index in [0.717, 1.165) is 25.3 Å². The molecule has 3 aliphatic rings. The van der Waals surface area contributed by atoms with Crippen molar-refractivity contribution in [1.29, 1.82) is 0 Å². The Bertz CT molecular complexity index is 991. The maximum Gasteiger partial charge on any atom is 0.294 e. The van der Waals surface area contributed by atoms with E-state index in [2.05, 4.69) is 17.0 Å². The zero-order chi connectivity index (χ0) is 21.9. The summed E-state index contributed by atoms with van der Waals surface area (Å²) in [5, 5.41) is 0. The third kappa shape index (κ3) is 4.60. The highest BCUT2D eigenvalue weighted by atomic mass is 16.5. The Kier molecular flexibility index (Phi) is 6.04. The highest BCUT2D eigenvalue weighted by molar-refractivity contribution is 6.07. The van der Waals surface area contributed by atoms with Crippen LogP contribution in [0.1, 0.15) is 37.2 Å². The third-order valence-electron chi connectivity index (χ3n) is 6.39. The molecule has 1 amide bonds. The van der Waals surface area contributed by atoms with Crippen molar-refractivity contribution in [3.63, 3.8) is 0 Å². The third-order valence-corrected chi connectivity index (χ3v) is 6.39. The lowest BCUT2D eigenvalue weighted by molar-refractivity contribution is -0.116. The van der Waals surface area contributed by atoms with Crippen LogP contribution in [0.3, 0.4) is 0 Å². The van der Waals surface area contributed by atoms with Crippen LogP contribution in [0, 0.1) is 0 Å². The largest absolute Gasteiger partial charge is 0.493 e. The highest BCUT2D eigenvalue weighted by Crippen LogP contribution is 2.40. The van der Waals surface area contributed by atoms with E-state index in [1.807, 2.05) is 36.4 Å². The molecule has 0 aromatic heterocycles. The summed E-state index contributed by atoms with van der Waals surface area (Å²) in [5.74, 6) is 2.92. The van der Waals surface area contributed by atoms with Crippen LogP contribution in [0.5, 0.6) is 17.2 Å². The van der Waals surface area contributed by atoms with Gasteiger partial charge in [-0.1, -0.05) is 12.1 Å². The van der Waals surface area contributed by atoms with Gasteiger partial charge in [0, 0.05) is 24.8 Å². The van der Waals surface area contributed by atoms with Crippen LogP contribution in [-0.4, -0.2) is 50.7 Å². The van der Waals surface area contributed by atoms with Gasteiger partial charge in [0.2, 0.25) is 0 Å². The molecule has 0 atom stereocenters. The average molecular weight is 435 g/mol. The second-order valence-corrected chi connectivity index (χ2v) is 8.66. The number of methoxy groups -OCH3 is 1. The summed E-state index contributed by atoms with van der Waals surface area (Å²) in [4.78, 5) is 17.1. The van der Waals surface area contributed by atoms with Crippen molar-refractivity contribution in [3.8, 4) is 17.2 Å². The summed E-state index contributed by atoms with van der Waals surface area (Å²) in [6.45, 7) is 4.31. The van der Waals surface area contributed by atoms with Crippen molar-refractivity contribution in [2.24, 2.45) is 0 Å². The summed E-state index contributed by atoms with van der Waals surface area (Å²) >= 11 is 0. The number of rotatable bonds is 9.